The predicted molar refractivity (Wildman–Crippen MR) is 81.7 cm³/mol. The highest BCUT2D eigenvalue weighted by atomic mass is 32.2. The summed E-state index contributed by atoms with van der Waals surface area (Å²) in [5, 5.41) is 10.9. The molecule has 0 heterocycles. The van der Waals surface area contributed by atoms with Crippen molar-refractivity contribution < 1.29 is 13.3 Å². The Bertz CT molecular complexity index is 670. The van der Waals surface area contributed by atoms with Crippen LogP contribution in [0.1, 0.15) is 11.1 Å². The fraction of sp³-hybridized carbons (Fsp3) is 0.286. The molecule has 0 bridgehead atoms. The fourth-order valence-electron chi connectivity index (χ4n) is 1.88. The Balaban J connectivity index is 3.51. The molecule has 0 saturated carbocycles. The summed E-state index contributed by atoms with van der Waals surface area (Å²) < 4.78 is 26.5. The van der Waals surface area contributed by atoms with Gasteiger partial charge < -0.3 is 0 Å². The van der Waals surface area contributed by atoms with E-state index in [2.05, 4.69) is 13.2 Å². The molecule has 1 aromatic rings. The summed E-state index contributed by atoms with van der Waals surface area (Å²) in [4.78, 5) is 10.3. The molecule has 0 N–H and O–H groups in total. The standard InChI is InChI=1S/C14H18N2O4S/c1-5-7-15(8-6-2)21(19,20)14-10-13(16(17)18)9-11(3)12(14)4/h5-6,9-10H,1-2,7-8H2,3-4H3. The molecule has 0 atom stereocenters. The first-order valence-corrected chi connectivity index (χ1v) is 7.67. The highest BCUT2D eigenvalue weighted by Gasteiger charge is 2.27. The van der Waals surface area contributed by atoms with Crippen LogP contribution in [0.5, 0.6) is 0 Å². The maximum absolute atomic E-state index is 12.7. The van der Waals surface area contributed by atoms with Crippen LogP contribution in [-0.4, -0.2) is 30.7 Å². The van der Waals surface area contributed by atoms with Crippen LogP contribution in [0.2, 0.25) is 0 Å². The van der Waals surface area contributed by atoms with E-state index in [1.165, 1.54) is 22.5 Å². The second kappa shape index (κ2) is 6.64. The maximum Gasteiger partial charge on any atom is 0.271 e. The fourth-order valence-corrected chi connectivity index (χ4v) is 3.58. The van der Waals surface area contributed by atoms with E-state index >= 15 is 0 Å². The van der Waals surface area contributed by atoms with Gasteiger partial charge in [-0.05, 0) is 25.0 Å². The lowest BCUT2D eigenvalue weighted by Crippen LogP contribution is -2.32. The molecule has 1 rings (SSSR count). The summed E-state index contributed by atoms with van der Waals surface area (Å²) in [6.07, 6.45) is 2.92. The van der Waals surface area contributed by atoms with E-state index in [1.807, 2.05) is 0 Å². The van der Waals surface area contributed by atoms with E-state index in [1.54, 1.807) is 13.8 Å². The molecular formula is C14H18N2O4S. The molecule has 0 spiro atoms. The molecule has 0 unspecified atom stereocenters. The minimum Gasteiger partial charge on any atom is -0.258 e. The number of aryl methyl sites for hydroxylation is 1. The average molecular weight is 310 g/mol. The van der Waals surface area contributed by atoms with Crippen molar-refractivity contribution in [3.05, 3.63) is 58.7 Å². The summed E-state index contributed by atoms with van der Waals surface area (Å²) in [6.45, 7) is 10.5. The molecule has 0 aromatic heterocycles. The van der Waals surface area contributed by atoms with Crippen molar-refractivity contribution in [2.24, 2.45) is 0 Å². The van der Waals surface area contributed by atoms with E-state index < -0.39 is 14.9 Å². The zero-order chi connectivity index (χ0) is 16.2. The molecule has 0 fully saturated rings. The number of hydrogen-bond donors (Lipinski definition) is 0. The van der Waals surface area contributed by atoms with Crippen molar-refractivity contribution in [1.82, 2.24) is 4.31 Å². The number of sulfonamides is 1. The Kier molecular flexibility index (Phi) is 5.40. The van der Waals surface area contributed by atoms with Crippen molar-refractivity contribution in [3.63, 3.8) is 0 Å². The van der Waals surface area contributed by atoms with E-state index in [0.29, 0.717) is 11.1 Å². The van der Waals surface area contributed by atoms with Crippen LogP contribution >= 0.6 is 0 Å². The summed E-state index contributed by atoms with van der Waals surface area (Å²) in [7, 11) is -3.85. The van der Waals surface area contributed by atoms with Gasteiger partial charge in [0, 0.05) is 25.2 Å². The molecule has 0 aliphatic rings. The molecule has 0 aliphatic carbocycles. The Morgan fingerprint density at radius 3 is 2.19 bits per heavy atom. The van der Waals surface area contributed by atoms with Crippen LogP contribution < -0.4 is 0 Å². The quantitative estimate of drug-likeness (QED) is 0.440. The third kappa shape index (κ3) is 3.56. The van der Waals surface area contributed by atoms with Crippen LogP contribution in [0.3, 0.4) is 0 Å². The Labute approximate surface area is 124 Å². The van der Waals surface area contributed by atoms with E-state index in [4.69, 9.17) is 0 Å². The third-order valence-electron chi connectivity index (χ3n) is 3.10. The highest BCUT2D eigenvalue weighted by Crippen LogP contribution is 2.27. The number of nitrogens with zero attached hydrogens (tertiary/aromatic N) is 2. The van der Waals surface area contributed by atoms with Gasteiger partial charge in [0.05, 0.1) is 9.82 Å². The smallest absolute Gasteiger partial charge is 0.258 e. The normalized spacial score (nSPS) is 11.4. The molecule has 114 valence electrons. The molecule has 21 heavy (non-hydrogen) atoms. The van der Waals surface area contributed by atoms with Crippen LogP contribution in [-0.2, 0) is 10.0 Å². The van der Waals surface area contributed by atoms with E-state index in [-0.39, 0.29) is 23.7 Å². The van der Waals surface area contributed by atoms with E-state index in [9.17, 15) is 18.5 Å². The van der Waals surface area contributed by atoms with Gasteiger partial charge in [0.15, 0.2) is 0 Å². The number of nitro groups is 1. The van der Waals surface area contributed by atoms with Gasteiger partial charge in [-0.1, -0.05) is 12.2 Å². The van der Waals surface area contributed by atoms with Gasteiger partial charge in [-0.3, -0.25) is 10.1 Å². The summed E-state index contributed by atoms with van der Waals surface area (Å²) in [5.74, 6) is 0. The van der Waals surface area contributed by atoms with Gasteiger partial charge in [-0.25, -0.2) is 8.42 Å². The minimum absolute atomic E-state index is 0.0575. The number of rotatable bonds is 7. The average Bonchev–Trinajstić information content (AvgIpc) is 2.40. The summed E-state index contributed by atoms with van der Waals surface area (Å²) in [6, 6.07) is 2.45. The number of non-ortho nitro benzene ring substituents is 1. The van der Waals surface area contributed by atoms with Gasteiger partial charge in [0.25, 0.3) is 5.69 Å². The molecule has 0 radical (unpaired) electrons. The summed E-state index contributed by atoms with van der Waals surface area (Å²) in [5.41, 5.74) is 0.812. The lowest BCUT2D eigenvalue weighted by molar-refractivity contribution is -0.385. The third-order valence-corrected chi connectivity index (χ3v) is 5.06. The van der Waals surface area contributed by atoms with E-state index in [0.717, 1.165) is 6.07 Å². The second-order valence-corrected chi connectivity index (χ2v) is 6.45. The SMILES string of the molecule is C=CCN(CC=C)S(=O)(=O)c1cc([N+](=O)[O-])cc(C)c1C. The Hall–Kier alpha value is -1.99. The monoisotopic (exact) mass is 310 g/mol. The maximum atomic E-state index is 12.7. The lowest BCUT2D eigenvalue weighted by atomic mass is 10.1. The number of benzene rings is 1. The van der Waals surface area contributed by atoms with Crippen molar-refractivity contribution >= 4 is 15.7 Å². The minimum atomic E-state index is -3.85. The molecule has 1 aromatic carbocycles. The van der Waals surface area contributed by atoms with Gasteiger partial charge in [-0.2, -0.15) is 4.31 Å². The van der Waals surface area contributed by atoms with Crippen LogP contribution in [0.4, 0.5) is 5.69 Å². The second-order valence-electron chi connectivity index (χ2n) is 4.54. The highest BCUT2D eigenvalue weighted by molar-refractivity contribution is 7.89. The topological polar surface area (TPSA) is 80.5 Å². The van der Waals surface area contributed by atoms with Gasteiger partial charge >= 0.3 is 0 Å². The largest absolute Gasteiger partial charge is 0.271 e. The van der Waals surface area contributed by atoms with Crippen molar-refractivity contribution in [2.45, 2.75) is 18.7 Å². The van der Waals surface area contributed by atoms with Gasteiger partial charge in [0.1, 0.15) is 0 Å². The van der Waals surface area contributed by atoms with Crippen molar-refractivity contribution in [2.75, 3.05) is 13.1 Å². The molecular weight excluding hydrogens is 292 g/mol. The first kappa shape index (κ1) is 17.1. The molecule has 0 saturated heterocycles. The predicted octanol–water partition coefficient (Wildman–Crippen LogP) is 2.57. The first-order chi connectivity index (χ1) is 9.75. The van der Waals surface area contributed by atoms with Gasteiger partial charge in [0.2, 0.25) is 10.0 Å². The zero-order valence-electron chi connectivity index (χ0n) is 12.1. The first-order valence-electron chi connectivity index (χ1n) is 6.23. The Morgan fingerprint density at radius 1 is 1.24 bits per heavy atom. The molecule has 6 nitrogen and oxygen atoms in total. The molecule has 0 amide bonds. The van der Waals surface area contributed by atoms with Crippen molar-refractivity contribution in [3.8, 4) is 0 Å². The van der Waals surface area contributed by atoms with Crippen LogP contribution in [0, 0.1) is 24.0 Å². The zero-order valence-corrected chi connectivity index (χ0v) is 12.9. The van der Waals surface area contributed by atoms with Crippen molar-refractivity contribution in [1.29, 1.82) is 0 Å². The van der Waals surface area contributed by atoms with Crippen LogP contribution in [0.25, 0.3) is 0 Å². The number of nitro benzene ring substituents is 1. The lowest BCUT2D eigenvalue weighted by Gasteiger charge is -2.20. The number of hydrogen-bond acceptors (Lipinski definition) is 4. The Morgan fingerprint density at radius 2 is 1.76 bits per heavy atom. The van der Waals surface area contributed by atoms with Gasteiger partial charge in [-0.15, -0.1) is 13.2 Å². The molecule has 0 aliphatic heterocycles. The van der Waals surface area contributed by atoms with Crippen LogP contribution in [0.15, 0.2) is 42.3 Å². The molecule has 7 heteroatoms. The summed E-state index contributed by atoms with van der Waals surface area (Å²) >= 11 is 0.